The molecule has 3 saturated heterocycles. The predicted octanol–water partition coefficient (Wildman–Crippen LogP) is 4.58. The second-order valence-electron chi connectivity index (χ2n) is 11.5. The molecule has 2 unspecified atom stereocenters. The predicted molar refractivity (Wildman–Crippen MR) is 162 cm³/mol. The lowest BCUT2D eigenvalue weighted by atomic mass is 9.70. The Morgan fingerprint density at radius 1 is 1.00 bits per heavy atom. The van der Waals surface area contributed by atoms with E-state index in [0.29, 0.717) is 24.2 Å². The number of para-hydroxylation sites is 1. The molecular weight excluding hydrogens is 534 g/mol. The molecule has 2 bridgehead atoms. The monoisotopic (exact) mass is 569 g/mol. The third-order valence-electron chi connectivity index (χ3n) is 8.90. The zero-order valence-corrected chi connectivity index (χ0v) is 24.1. The molecule has 1 spiro atoms. The minimum Gasteiger partial charge on any atom is -0.394 e. The standard InChI is InChI=1S/C33H35N3O4S/c1-20-13-14-21(2)25(17-20)35-31(39)29-33-16-15-26(41-33)27(30(38)34-23-11-7-4-8-12-23)28(33)32(40)36(29)24(19-37)18-22-9-5-3-6-10-22/h3-14,17,24,26-29,37H,15-16,18-19H2,1-2H3,(H,34,38)(H,35,39)/t24-,26+,27-,28+,29?,33?/m1/s1. The minimum absolute atomic E-state index is 0.0486. The molecule has 8 heteroatoms. The van der Waals surface area contributed by atoms with Crippen LogP contribution in [0, 0.1) is 25.7 Å². The van der Waals surface area contributed by atoms with Crippen LogP contribution in [0.25, 0.3) is 0 Å². The summed E-state index contributed by atoms with van der Waals surface area (Å²) in [6, 6.07) is 23.5. The second-order valence-corrected chi connectivity index (χ2v) is 13.1. The van der Waals surface area contributed by atoms with Crippen LogP contribution in [0.2, 0.25) is 0 Å². The van der Waals surface area contributed by atoms with Crippen LogP contribution in [-0.2, 0) is 20.8 Å². The molecule has 0 radical (unpaired) electrons. The molecule has 0 aliphatic carbocycles. The fourth-order valence-corrected chi connectivity index (χ4v) is 9.25. The van der Waals surface area contributed by atoms with Crippen LogP contribution in [0.4, 0.5) is 11.4 Å². The summed E-state index contributed by atoms with van der Waals surface area (Å²) in [5, 5.41) is 16.7. The number of aryl methyl sites for hydroxylation is 2. The minimum atomic E-state index is -0.815. The van der Waals surface area contributed by atoms with Gasteiger partial charge in [-0.2, -0.15) is 0 Å². The van der Waals surface area contributed by atoms with Crippen molar-refractivity contribution in [2.24, 2.45) is 11.8 Å². The molecule has 6 rings (SSSR count). The number of hydrogen-bond acceptors (Lipinski definition) is 5. The number of nitrogens with zero attached hydrogens (tertiary/aromatic N) is 1. The summed E-state index contributed by atoms with van der Waals surface area (Å²) in [4.78, 5) is 44.1. The summed E-state index contributed by atoms with van der Waals surface area (Å²) in [7, 11) is 0. The first-order valence-electron chi connectivity index (χ1n) is 14.2. The molecule has 212 valence electrons. The van der Waals surface area contributed by atoms with E-state index in [1.807, 2.05) is 92.7 Å². The molecule has 3 aromatic carbocycles. The van der Waals surface area contributed by atoms with Gasteiger partial charge in [0.15, 0.2) is 0 Å². The number of carbonyl (C=O) groups excluding carboxylic acids is 3. The van der Waals surface area contributed by atoms with Gasteiger partial charge in [0, 0.05) is 16.6 Å². The third-order valence-corrected chi connectivity index (χ3v) is 10.9. The summed E-state index contributed by atoms with van der Waals surface area (Å²) in [6.45, 7) is 3.63. The van der Waals surface area contributed by atoms with Crippen LogP contribution in [0.15, 0.2) is 78.9 Å². The second kappa shape index (κ2) is 11.0. The first-order chi connectivity index (χ1) is 19.8. The van der Waals surface area contributed by atoms with Gasteiger partial charge in [0.05, 0.1) is 29.2 Å². The van der Waals surface area contributed by atoms with Gasteiger partial charge in [-0.05, 0) is 68.0 Å². The molecule has 41 heavy (non-hydrogen) atoms. The van der Waals surface area contributed by atoms with Crippen molar-refractivity contribution >= 4 is 40.9 Å². The molecule has 3 aliphatic rings. The number of nitrogens with one attached hydrogen (secondary N) is 2. The first-order valence-corrected chi connectivity index (χ1v) is 15.1. The highest BCUT2D eigenvalue weighted by Crippen LogP contribution is 2.66. The lowest BCUT2D eigenvalue weighted by molar-refractivity contribution is -0.141. The van der Waals surface area contributed by atoms with Crippen LogP contribution >= 0.6 is 11.8 Å². The molecule has 0 saturated carbocycles. The molecule has 3 amide bonds. The molecule has 3 aliphatic heterocycles. The van der Waals surface area contributed by atoms with Crippen molar-refractivity contribution < 1.29 is 19.5 Å². The Bertz CT molecular complexity index is 1470. The third kappa shape index (κ3) is 4.83. The number of hydrogen-bond donors (Lipinski definition) is 3. The fraction of sp³-hybridized carbons (Fsp3) is 0.364. The highest BCUT2D eigenvalue weighted by atomic mass is 32.2. The molecule has 6 atom stereocenters. The van der Waals surface area contributed by atoms with Crippen molar-refractivity contribution in [2.45, 2.75) is 55.2 Å². The van der Waals surface area contributed by atoms with E-state index in [1.165, 1.54) is 0 Å². The van der Waals surface area contributed by atoms with Crippen molar-refractivity contribution in [2.75, 3.05) is 17.2 Å². The summed E-state index contributed by atoms with van der Waals surface area (Å²) in [6.07, 6.45) is 1.83. The highest BCUT2D eigenvalue weighted by Gasteiger charge is 2.74. The Labute approximate surface area is 244 Å². The number of fused-ring (bicyclic) bond motifs is 1. The van der Waals surface area contributed by atoms with Gasteiger partial charge in [0.2, 0.25) is 17.7 Å². The van der Waals surface area contributed by atoms with E-state index < -0.39 is 28.7 Å². The van der Waals surface area contributed by atoms with Crippen LogP contribution < -0.4 is 10.6 Å². The number of benzene rings is 3. The van der Waals surface area contributed by atoms with Gasteiger partial charge in [-0.3, -0.25) is 14.4 Å². The van der Waals surface area contributed by atoms with E-state index >= 15 is 0 Å². The number of thioether (sulfide) groups is 1. The van der Waals surface area contributed by atoms with Crippen LogP contribution in [0.5, 0.6) is 0 Å². The SMILES string of the molecule is Cc1ccc(C)c(NC(=O)C2N([C@@H](CO)Cc3ccccc3)C(=O)[C@@H]3[C@H](C(=O)Nc4ccccc4)[C@@H]4CCC23S4)c1. The number of anilines is 2. The molecule has 3 N–H and O–H groups in total. The van der Waals surface area contributed by atoms with Gasteiger partial charge in [-0.25, -0.2) is 0 Å². The number of amides is 3. The summed E-state index contributed by atoms with van der Waals surface area (Å²) >= 11 is 1.63. The lowest BCUT2D eigenvalue weighted by Gasteiger charge is -2.37. The van der Waals surface area contributed by atoms with Crippen molar-refractivity contribution in [3.05, 3.63) is 95.6 Å². The Morgan fingerprint density at radius 2 is 1.71 bits per heavy atom. The molecular formula is C33H35N3O4S. The van der Waals surface area contributed by atoms with Gasteiger partial charge in [0.1, 0.15) is 6.04 Å². The molecule has 0 aromatic heterocycles. The van der Waals surface area contributed by atoms with Crippen molar-refractivity contribution in [1.82, 2.24) is 4.90 Å². The fourth-order valence-electron chi connectivity index (χ4n) is 7.04. The van der Waals surface area contributed by atoms with Crippen LogP contribution in [-0.4, -0.2) is 56.4 Å². The number of likely N-dealkylation sites (tertiary alicyclic amines) is 1. The average molecular weight is 570 g/mol. The van der Waals surface area contributed by atoms with Crippen LogP contribution in [0.3, 0.4) is 0 Å². The smallest absolute Gasteiger partial charge is 0.248 e. The van der Waals surface area contributed by atoms with Crippen molar-refractivity contribution in [3.63, 3.8) is 0 Å². The zero-order valence-electron chi connectivity index (χ0n) is 23.2. The number of aliphatic hydroxyl groups excluding tert-OH is 1. The average Bonchev–Trinajstić information content (AvgIpc) is 3.62. The topological polar surface area (TPSA) is 98.7 Å². The van der Waals surface area contributed by atoms with Crippen LogP contribution in [0.1, 0.15) is 29.5 Å². The summed E-state index contributed by atoms with van der Waals surface area (Å²) < 4.78 is -0.744. The lowest BCUT2D eigenvalue weighted by Crippen LogP contribution is -2.55. The maximum Gasteiger partial charge on any atom is 0.248 e. The van der Waals surface area contributed by atoms with Gasteiger partial charge in [0.25, 0.3) is 0 Å². The van der Waals surface area contributed by atoms with E-state index in [9.17, 15) is 19.5 Å². The maximum atomic E-state index is 14.5. The summed E-state index contributed by atoms with van der Waals surface area (Å²) in [5.41, 5.74) is 4.32. The molecule has 3 fully saturated rings. The maximum absolute atomic E-state index is 14.5. The molecule has 3 aromatic rings. The van der Waals surface area contributed by atoms with E-state index in [-0.39, 0.29) is 29.6 Å². The largest absolute Gasteiger partial charge is 0.394 e. The molecule has 3 heterocycles. The first kappa shape index (κ1) is 27.5. The number of rotatable bonds is 8. The quantitative estimate of drug-likeness (QED) is 0.369. The van der Waals surface area contributed by atoms with Gasteiger partial charge in [-0.1, -0.05) is 60.7 Å². The van der Waals surface area contributed by atoms with Crippen molar-refractivity contribution in [3.8, 4) is 0 Å². The van der Waals surface area contributed by atoms with Gasteiger partial charge >= 0.3 is 0 Å². The van der Waals surface area contributed by atoms with Gasteiger partial charge in [-0.15, -0.1) is 11.8 Å². The number of aliphatic hydroxyl groups is 1. The Hall–Kier alpha value is -3.62. The van der Waals surface area contributed by atoms with Crippen molar-refractivity contribution in [1.29, 1.82) is 0 Å². The highest BCUT2D eigenvalue weighted by molar-refractivity contribution is 8.02. The van der Waals surface area contributed by atoms with E-state index in [0.717, 1.165) is 23.1 Å². The van der Waals surface area contributed by atoms with Gasteiger partial charge < -0.3 is 20.6 Å². The molecule has 7 nitrogen and oxygen atoms in total. The summed E-state index contributed by atoms with van der Waals surface area (Å²) in [5.74, 6) is -1.87. The normalized spacial score (nSPS) is 27.0. The van der Waals surface area contributed by atoms with E-state index in [1.54, 1.807) is 16.7 Å². The van der Waals surface area contributed by atoms with E-state index in [4.69, 9.17) is 0 Å². The Balaban J connectivity index is 1.38. The zero-order chi connectivity index (χ0) is 28.7. The Kier molecular flexibility index (Phi) is 7.38. The van der Waals surface area contributed by atoms with E-state index in [2.05, 4.69) is 10.6 Å². The Morgan fingerprint density at radius 3 is 2.41 bits per heavy atom. The number of carbonyl (C=O) groups is 3.